The van der Waals surface area contributed by atoms with E-state index in [1.165, 1.54) is 12.1 Å². The average molecular weight is 338 g/mol. The highest BCUT2D eigenvalue weighted by molar-refractivity contribution is 6.40. The monoisotopic (exact) mass is 337 g/mol. The smallest absolute Gasteiger partial charge is 0.130 e. The zero-order chi connectivity index (χ0) is 15.7. The number of nitrogens with one attached hydrogen (secondary N) is 1. The van der Waals surface area contributed by atoms with Crippen LogP contribution in [-0.4, -0.2) is 11.1 Å². The Hall–Kier alpha value is -1.71. The van der Waals surface area contributed by atoms with Crippen molar-refractivity contribution in [2.24, 2.45) is 0 Å². The second-order valence-corrected chi connectivity index (χ2v) is 6.01. The first-order valence-corrected chi connectivity index (χ1v) is 7.66. The van der Waals surface area contributed by atoms with E-state index in [9.17, 15) is 4.39 Å². The van der Waals surface area contributed by atoms with Crippen LogP contribution in [-0.2, 0) is 6.42 Å². The Balaban J connectivity index is 1.82. The summed E-state index contributed by atoms with van der Waals surface area (Å²) in [6, 6.07) is 10.0. The molecule has 0 saturated heterocycles. The molecular formula is C17H14Cl2FNO. The average Bonchev–Trinajstić information content (AvgIpc) is 2.88. The topological polar surface area (TPSA) is 25.0 Å². The molecule has 0 fully saturated rings. The van der Waals surface area contributed by atoms with Crippen molar-refractivity contribution in [3.8, 4) is 5.75 Å². The predicted octanol–water partition coefficient (Wildman–Crippen LogP) is 5.62. The highest BCUT2D eigenvalue weighted by atomic mass is 35.5. The van der Waals surface area contributed by atoms with Crippen molar-refractivity contribution in [2.75, 3.05) is 0 Å². The zero-order valence-electron chi connectivity index (χ0n) is 11.9. The third-order valence-electron chi connectivity index (χ3n) is 3.46. The van der Waals surface area contributed by atoms with Crippen LogP contribution in [0.25, 0.3) is 10.9 Å². The number of rotatable bonds is 4. The lowest BCUT2D eigenvalue weighted by atomic mass is 10.1. The Morgan fingerprint density at radius 1 is 1.09 bits per heavy atom. The molecule has 0 aliphatic carbocycles. The molecule has 1 aromatic heterocycles. The van der Waals surface area contributed by atoms with Crippen LogP contribution in [0, 0.1) is 5.82 Å². The lowest BCUT2D eigenvalue weighted by molar-refractivity contribution is 0.225. The minimum Gasteiger partial charge on any atom is -0.490 e. The van der Waals surface area contributed by atoms with Crippen LogP contribution in [0.4, 0.5) is 4.39 Å². The lowest BCUT2D eigenvalue weighted by Crippen LogP contribution is -2.15. The fourth-order valence-corrected chi connectivity index (χ4v) is 2.91. The summed E-state index contributed by atoms with van der Waals surface area (Å²) in [4.78, 5) is 3.04. The molecule has 2 nitrogen and oxygen atoms in total. The van der Waals surface area contributed by atoms with E-state index in [0.29, 0.717) is 22.2 Å². The molecule has 0 aliphatic heterocycles. The van der Waals surface area contributed by atoms with Crippen LogP contribution in [0.15, 0.2) is 42.6 Å². The molecule has 1 unspecified atom stereocenters. The summed E-state index contributed by atoms with van der Waals surface area (Å²) in [6.07, 6.45) is 2.28. The van der Waals surface area contributed by atoms with Gasteiger partial charge in [0, 0.05) is 12.6 Å². The highest BCUT2D eigenvalue weighted by Gasteiger charge is 2.14. The number of aromatic nitrogens is 1. The molecule has 1 atom stereocenters. The van der Waals surface area contributed by atoms with Gasteiger partial charge in [-0.05, 0) is 36.8 Å². The summed E-state index contributed by atoms with van der Waals surface area (Å²) in [5.41, 5.74) is 1.78. The van der Waals surface area contributed by atoms with Gasteiger partial charge in [0.25, 0.3) is 0 Å². The van der Waals surface area contributed by atoms with Gasteiger partial charge in [0.1, 0.15) is 11.6 Å². The Morgan fingerprint density at radius 3 is 2.55 bits per heavy atom. The maximum Gasteiger partial charge on any atom is 0.130 e. The zero-order valence-corrected chi connectivity index (χ0v) is 13.4. The molecule has 0 amide bonds. The fraction of sp³-hybridized carbons (Fsp3) is 0.176. The Labute approximate surface area is 137 Å². The largest absolute Gasteiger partial charge is 0.490 e. The standard InChI is InChI=1S/C17H14Cl2FNO/c1-10(8-11-2-4-12(20)5-3-11)22-15-7-6-13(18)17-16(15)14(19)9-21-17/h2-7,9-10,21H,8H2,1H3. The number of hydrogen-bond donors (Lipinski definition) is 1. The van der Waals surface area contributed by atoms with E-state index in [0.717, 1.165) is 16.5 Å². The number of halogens is 3. The van der Waals surface area contributed by atoms with Crippen molar-refractivity contribution < 1.29 is 9.13 Å². The number of H-pyrrole nitrogens is 1. The van der Waals surface area contributed by atoms with Crippen LogP contribution in [0.1, 0.15) is 12.5 Å². The minimum absolute atomic E-state index is 0.0826. The molecule has 1 heterocycles. The van der Waals surface area contributed by atoms with Crippen molar-refractivity contribution in [1.29, 1.82) is 0 Å². The van der Waals surface area contributed by atoms with Gasteiger partial charge in [-0.2, -0.15) is 0 Å². The van der Waals surface area contributed by atoms with Gasteiger partial charge in [0.15, 0.2) is 0 Å². The molecule has 3 rings (SSSR count). The van der Waals surface area contributed by atoms with Crippen LogP contribution in [0.2, 0.25) is 10.0 Å². The van der Waals surface area contributed by atoms with Crippen LogP contribution in [0.3, 0.4) is 0 Å². The lowest BCUT2D eigenvalue weighted by Gasteiger charge is -2.16. The quantitative estimate of drug-likeness (QED) is 0.656. The third-order valence-corrected chi connectivity index (χ3v) is 4.08. The van der Waals surface area contributed by atoms with Gasteiger partial charge >= 0.3 is 0 Å². The van der Waals surface area contributed by atoms with Crippen LogP contribution >= 0.6 is 23.2 Å². The summed E-state index contributed by atoms with van der Waals surface area (Å²) in [7, 11) is 0. The minimum atomic E-state index is -0.240. The summed E-state index contributed by atoms with van der Waals surface area (Å²) in [5.74, 6) is 0.441. The van der Waals surface area contributed by atoms with Crippen LogP contribution in [0.5, 0.6) is 5.75 Å². The number of benzene rings is 2. The number of hydrogen-bond acceptors (Lipinski definition) is 1. The Morgan fingerprint density at radius 2 is 1.82 bits per heavy atom. The van der Waals surface area contributed by atoms with Crippen molar-refractivity contribution in [3.05, 3.63) is 64.0 Å². The van der Waals surface area contributed by atoms with E-state index in [-0.39, 0.29) is 11.9 Å². The molecule has 0 aliphatic rings. The van der Waals surface area contributed by atoms with E-state index in [4.69, 9.17) is 27.9 Å². The first-order chi connectivity index (χ1) is 10.5. The molecule has 3 aromatic rings. The van der Waals surface area contributed by atoms with Crippen molar-refractivity contribution in [2.45, 2.75) is 19.4 Å². The number of ether oxygens (including phenoxy) is 1. The van der Waals surface area contributed by atoms with E-state index in [2.05, 4.69) is 4.98 Å². The van der Waals surface area contributed by atoms with Crippen LogP contribution < -0.4 is 4.74 Å². The maximum absolute atomic E-state index is 12.9. The maximum atomic E-state index is 12.9. The summed E-state index contributed by atoms with van der Waals surface area (Å²) in [6.45, 7) is 1.96. The summed E-state index contributed by atoms with van der Waals surface area (Å²) >= 11 is 12.3. The van der Waals surface area contributed by atoms with E-state index < -0.39 is 0 Å². The van der Waals surface area contributed by atoms with Gasteiger partial charge in [-0.3, -0.25) is 0 Å². The summed E-state index contributed by atoms with van der Waals surface area (Å²) < 4.78 is 18.9. The van der Waals surface area contributed by atoms with E-state index >= 15 is 0 Å². The molecule has 0 radical (unpaired) electrons. The Kier molecular flexibility index (Phi) is 4.27. The molecule has 22 heavy (non-hydrogen) atoms. The molecular weight excluding hydrogens is 324 g/mol. The molecule has 2 aromatic carbocycles. The first kappa shape index (κ1) is 15.2. The van der Waals surface area contributed by atoms with Crippen molar-refractivity contribution in [1.82, 2.24) is 4.98 Å². The second-order valence-electron chi connectivity index (χ2n) is 5.19. The van der Waals surface area contributed by atoms with Crippen molar-refractivity contribution >= 4 is 34.1 Å². The van der Waals surface area contributed by atoms with Gasteiger partial charge in [-0.1, -0.05) is 35.3 Å². The molecule has 1 N–H and O–H groups in total. The molecule has 0 spiro atoms. The molecule has 114 valence electrons. The summed E-state index contributed by atoms with van der Waals surface area (Å²) in [5, 5.41) is 1.95. The SMILES string of the molecule is CC(Cc1ccc(F)cc1)Oc1ccc(Cl)c2[nH]cc(Cl)c12. The van der Waals surface area contributed by atoms with Gasteiger partial charge in [0.2, 0.25) is 0 Å². The second kappa shape index (κ2) is 6.19. The van der Waals surface area contributed by atoms with Crippen molar-refractivity contribution in [3.63, 3.8) is 0 Å². The number of aromatic amines is 1. The van der Waals surface area contributed by atoms with Gasteiger partial charge in [-0.15, -0.1) is 0 Å². The molecule has 5 heteroatoms. The van der Waals surface area contributed by atoms with Gasteiger partial charge in [-0.25, -0.2) is 4.39 Å². The highest BCUT2D eigenvalue weighted by Crippen LogP contribution is 2.36. The van der Waals surface area contributed by atoms with E-state index in [1.807, 2.05) is 13.0 Å². The third kappa shape index (κ3) is 3.06. The van der Waals surface area contributed by atoms with Gasteiger partial charge < -0.3 is 9.72 Å². The Bertz CT molecular complexity index is 798. The van der Waals surface area contributed by atoms with Gasteiger partial charge in [0.05, 0.1) is 27.1 Å². The molecule has 0 saturated carbocycles. The van der Waals surface area contributed by atoms with E-state index in [1.54, 1.807) is 24.4 Å². The molecule has 0 bridgehead atoms. The predicted molar refractivity (Wildman–Crippen MR) is 88.5 cm³/mol. The number of fused-ring (bicyclic) bond motifs is 1. The first-order valence-electron chi connectivity index (χ1n) is 6.91. The fourth-order valence-electron chi connectivity index (χ4n) is 2.45. The normalized spacial score (nSPS) is 12.5.